The maximum absolute atomic E-state index is 4.87. The summed E-state index contributed by atoms with van der Waals surface area (Å²) >= 11 is 0. The van der Waals surface area contributed by atoms with E-state index in [1.54, 1.807) is 11.3 Å². The van der Waals surface area contributed by atoms with Gasteiger partial charge in [0.15, 0.2) is 0 Å². The highest BCUT2D eigenvalue weighted by Gasteiger charge is 2.27. The first-order chi connectivity index (χ1) is 8.79. The standard InChI is InChI=1S/C15H25N3/c1-3-18-15(12-8-10-17(2)11-9-12)13-6-4-5-7-14(13)16-18/h12H,3-11H2,1-2H3. The van der Waals surface area contributed by atoms with E-state index in [9.17, 15) is 0 Å². The Hall–Kier alpha value is -0.830. The summed E-state index contributed by atoms with van der Waals surface area (Å²) in [4.78, 5) is 2.45. The predicted molar refractivity (Wildman–Crippen MR) is 74.0 cm³/mol. The van der Waals surface area contributed by atoms with Crippen molar-refractivity contribution in [1.29, 1.82) is 0 Å². The summed E-state index contributed by atoms with van der Waals surface area (Å²) in [5.41, 5.74) is 4.63. The van der Waals surface area contributed by atoms with E-state index in [2.05, 4.69) is 23.6 Å². The second-order valence-electron chi connectivity index (χ2n) is 5.91. The SMILES string of the molecule is CCn1nc2c(c1C1CCN(C)CC1)CCCC2. The molecule has 1 saturated heterocycles. The zero-order valence-electron chi connectivity index (χ0n) is 11.8. The summed E-state index contributed by atoms with van der Waals surface area (Å²) in [7, 11) is 2.24. The van der Waals surface area contributed by atoms with Crippen molar-refractivity contribution in [2.45, 2.75) is 57.9 Å². The van der Waals surface area contributed by atoms with Crippen molar-refractivity contribution >= 4 is 0 Å². The molecule has 1 fully saturated rings. The molecular weight excluding hydrogens is 222 g/mol. The van der Waals surface area contributed by atoms with Crippen LogP contribution < -0.4 is 0 Å². The van der Waals surface area contributed by atoms with Crippen LogP contribution in [0.15, 0.2) is 0 Å². The minimum atomic E-state index is 0.760. The summed E-state index contributed by atoms with van der Waals surface area (Å²) in [6.07, 6.45) is 7.81. The first kappa shape index (κ1) is 12.2. The molecule has 0 amide bonds. The minimum absolute atomic E-state index is 0.760. The molecule has 1 aliphatic heterocycles. The Bertz CT molecular complexity index is 414. The lowest BCUT2D eigenvalue weighted by Crippen LogP contribution is -2.30. The quantitative estimate of drug-likeness (QED) is 0.801. The van der Waals surface area contributed by atoms with Crippen molar-refractivity contribution in [2.75, 3.05) is 20.1 Å². The largest absolute Gasteiger partial charge is 0.306 e. The van der Waals surface area contributed by atoms with Crippen LogP contribution in [-0.4, -0.2) is 34.8 Å². The lowest BCUT2D eigenvalue weighted by Gasteiger charge is -2.30. The molecule has 0 bridgehead atoms. The van der Waals surface area contributed by atoms with Gasteiger partial charge in [0.25, 0.3) is 0 Å². The molecule has 1 aliphatic carbocycles. The van der Waals surface area contributed by atoms with Crippen LogP contribution in [0.1, 0.15) is 55.5 Å². The minimum Gasteiger partial charge on any atom is -0.306 e. The van der Waals surface area contributed by atoms with Crippen LogP contribution in [0.4, 0.5) is 0 Å². The molecule has 0 saturated carbocycles. The molecule has 0 spiro atoms. The van der Waals surface area contributed by atoms with Gasteiger partial charge in [-0.3, -0.25) is 4.68 Å². The van der Waals surface area contributed by atoms with Crippen molar-refractivity contribution in [3.05, 3.63) is 17.0 Å². The van der Waals surface area contributed by atoms with Crippen LogP contribution in [0.3, 0.4) is 0 Å². The number of hydrogen-bond acceptors (Lipinski definition) is 2. The molecule has 2 heterocycles. The maximum atomic E-state index is 4.87. The lowest BCUT2D eigenvalue weighted by molar-refractivity contribution is 0.249. The van der Waals surface area contributed by atoms with Crippen molar-refractivity contribution in [2.24, 2.45) is 0 Å². The Kier molecular flexibility index (Phi) is 3.42. The summed E-state index contributed by atoms with van der Waals surface area (Å²) in [5.74, 6) is 0.760. The first-order valence-corrected chi connectivity index (χ1v) is 7.56. The fourth-order valence-electron chi connectivity index (χ4n) is 3.61. The van der Waals surface area contributed by atoms with E-state index in [0.717, 1.165) is 12.5 Å². The Morgan fingerprint density at radius 3 is 2.61 bits per heavy atom. The normalized spacial score (nSPS) is 22.1. The molecule has 1 aromatic heterocycles. The molecular formula is C15H25N3. The second-order valence-corrected chi connectivity index (χ2v) is 5.91. The molecule has 3 rings (SSSR count). The number of rotatable bonds is 2. The third-order valence-corrected chi connectivity index (χ3v) is 4.67. The van der Waals surface area contributed by atoms with Gasteiger partial charge in [0, 0.05) is 18.2 Å². The Morgan fingerprint density at radius 1 is 1.17 bits per heavy atom. The van der Waals surface area contributed by atoms with Gasteiger partial charge in [-0.1, -0.05) is 0 Å². The smallest absolute Gasteiger partial charge is 0.0659 e. The van der Waals surface area contributed by atoms with E-state index in [1.165, 1.54) is 57.3 Å². The molecule has 3 nitrogen and oxygen atoms in total. The van der Waals surface area contributed by atoms with Gasteiger partial charge in [-0.25, -0.2) is 0 Å². The van der Waals surface area contributed by atoms with Crippen molar-refractivity contribution in [3.8, 4) is 0 Å². The van der Waals surface area contributed by atoms with Gasteiger partial charge >= 0.3 is 0 Å². The third-order valence-electron chi connectivity index (χ3n) is 4.67. The molecule has 0 N–H and O–H groups in total. The number of nitrogens with zero attached hydrogens (tertiary/aromatic N) is 3. The molecule has 0 unspecified atom stereocenters. The number of piperidine rings is 1. The van der Waals surface area contributed by atoms with E-state index in [-0.39, 0.29) is 0 Å². The van der Waals surface area contributed by atoms with Gasteiger partial charge in [0.2, 0.25) is 0 Å². The lowest BCUT2D eigenvalue weighted by atomic mass is 9.86. The van der Waals surface area contributed by atoms with E-state index >= 15 is 0 Å². The molecule has 1 aromatic rings. The van der Waals surface area contributed by atoms with E-state index in [4.69, 9.17) is 5.10 Å². The molecule has 2 aliphatic rings. The Balaban J connectivity index is 1.92. The van der Waals surface area contributed by atoms with Crippen LogP contribution in [0.5, 0.6) is 0 Å². The first-order valence-electron chi connectivity index (χ1n) is 7.56. The van der Waals surface area contributed by atoms with Gasteiger partial charge in [-0.2, -0.15) is 5.10 Å². The number of hydrogen-bond donors (Lipinski definition) is 0. The summed E-state index contributed by atoms with van der Waals surface area (Å²) in [6.45, 7) is 5.76. The van der Waals surface area contributed by atoms with Crippen LogP contribution in [0, 0.1) is 0 Å². The molecule has 18 heavy (non-hydrogen) atoms. The molecule has 0 radical (unpaired) electrons. The highest BCUT2D eigenvalue weighted by atomic mass is 15.3. The van der Waals surface area contributed by atoms with Gasteiger partial charge in [0.1, 0.15) is 0 Å². The van der Waals surface area contributed by atoms with Crippen molar-refractivity contribution < 1.29 is 0 Å². The topological polar surface area (TPSA) is 21.1 Å². The summed E-state index contributed by atoms with van der Waals surface area (Å²) < 4.78 is 2.31. The number of fused-ring (bicyclic) bond motifs is 1. The van der Waals surface area contributed by atoms with Gasteiger partial charge in [0.05, 0.1) is 5.69 Å². The van der Waals surface area contributed by atoms with Crippen molar-refractivity contribution in [3.63, 3.8) is 0 Å². The van der Waals surface area contributed by atoms with E-state index in [0.29, 0.717) is 0 Å². The zero-order valence-corrected chi connectivity index (χ0v) is 11.8. The number of likely N-dealkylation sites (tertiary alicyclic amines) is 1. The second kappa shape index (κ2) is 5.04. The predicted octanol–water partition coefficient (Wildman–Crippen LogP) is 2.59. The third kappa shape index (κ3) is 2.09. The molecule has 100 valence electrons. The van der Waals surface area contributed by atoms with Crippen molar-refractivity contribution in [1.82, 2.24) is 14.7 Å². The van der Waals surface area contributed by atoms with Crippen LogP contribution in [0.2, 0.25) is 0 Å². The molecule has 0 atom stereocenters. The molecule has 0 aromatic carbocycles. The highest BCUT2D eigenvalue weighted by molar-refractivity contribution is 5.31. The Labute approximate surface area is 110 Å². The van der Waals surface area contributed by atoms with Gasteiger partial charge < -0.3 is 4.90 Å². The fourth-order valence-corrected chi connectivity index (χ4v) is 3.61. The average Bonchev–Trinajstić information content (AvgIpc) is 2.78. The van der Waals surface area contributed by atoms with Crippen LogP contribution >= 0.6 is 0 Å². The van der Waals surface area contributed by atoms with Crippen LogP contribution in [0.25, 0.3) is 0 Å². The Morgan fingerprint density at radius 2 is 1.89 bits per heavy atom. The van der Waals surface area contributed by atoms with Gasteiger partial charge in [-0.15, -0.1) is 0 Å². The maximum Gasteiger partial charge on any atom is 0.0659 e. The highest BCUT2D eigenvalue weighted by Crippen LogP contribution is 2.34. The monoisotopic (exact) mass is 247 g/mol. The van der Waals surface area contributed by atoms with E-state index < -0.39 is 0 Å². The fraction of sp³-hybridized carbons (Fsp3) is 0.800. The van der Waals surface area contributed by atoms with E-state index in [1.807, 2.05) is 0 Å². The molecule has 3 heteroatoms. The summed E-state index contributed by atoms with van der Waals surface area (Å²) in [5, 5.41) is 4.87. The zero-order chi connectivity index (χ0) is 12.5. The van der Waals surface area contributed by atoms with Crippen LogP contribution in [-0.2, 0) is 19.4 Å². The summed E-state index contributed by atoms with van der Waals surface area (Å²) in [6, 6.07) is 0. The number of aromatic nitrogens is 2. The number of aryl methyl sites for hydroxylation is 2. The average molecular weight is 247 g/mol. The van der Waals surface area contributed by atoms with Gasteiger partial charge in [-0.05, 0) is 71.1 Å².